The van der Waals surface area contributed by atoms with E-state index >= 15 is 0 Å². The molecule has 0 spiro atoms. The first-order valence-electron chi connectivity index (χ1n) is 8.83. The van der Waals surface area contributed by atoms with E-state index in [1.54, 1.807) is 14.2 Å². The number of aliphatic hydroxyl groups is 2. The van der Waals surface area contributed by atoms with Gasteiger partial charge in [-0.05, 0) is 31.2 Å². The standard InChI is InChI=1S/C19H28BN4O3/c1-12(23-11-13-4-6-14(7-5-13)20-18(25)26)16-9-8-15(27-3)10-17(16)24-19(21)22-2/h4-10,12,18-19,22-26H,11,21H2,1-3H3. The van der Waals surface area contributed by atoms with E-state index in [-0.39, 0.29) is 12.3 Å². The maximum atomic E-state index is 8.98. The lowest BCUT2D eigenvalue weighted by atomic mass is 9.69. The Hall–Kier alpha value is -2.10. The van der Waals surface area contributed by atoms with Crippen LogP contribution in [0.2, 0.25) is 0 Å². The zero-order chi connectivity index (χ0) is 19.8. The summed E-state index contributed by atoms with van der Waals surface area (Å²) in [7, 11) is 4.80. The highest BCUT2D eigenvalue weighted by molar-refractivity contribution is 6.54. The summed E-state index contributed by atoms with van der Waals surface area (Å²) in [6.45, 7) is 2.76. The monoisotopic (exact) mass is 371 g/mol. The minimum Gasteiger partial charge on any atom is -0.497 e. The SMILES string of the molecule is CNC(N)Nc1cc(OC)ccc1C(C)NCc1ccc([B]C(O)O)cc1. The number of aliphatic hydroxyl groups excluding tert-OH is 1. The van der Waals surface area contributed by atoms with E-state index < -0.39 is 6.19 Å². The molecule has 2 aromatic rings. The van der Waals surface area contributed by atoms with Crippen LogP contribution in [0, 0.1) is 0 Å². The summed E-state index contributed by atoms with van der Waals surface area (Å²) in [6.07, 6.45) is -1.81. The normalized spacial score (nSPS) is 13.3. The molecule has 2 atom stereocenters. The second kappa shape index (κ2) is 10.3. The van der Waals surface area contributed by atoms with E-state index in [9.17, 15) is 0 Å². The highest BCUT2D eigenvalue weighted by atomic mass is 16.5. The fourth-order valence-corrected chi connectivity index (χ4v) is 2.70. The molecule has 7 nitrogen and oxygen atoms in total. The molecule has 0 amide bonds. The van der Waals surface area contributed by atoms with Gasteiger partial charge >= 0.3 is 0 Å². The van der Waals surface area contributed by atoms with E-state index in [0.29, 0.717) is 6.54 Å². The van der Waals surface area contributed by atoms with E-state index in [1.807, 2.05) is 42.5 Å². The largest absolute Gasteiger partial charge is 0.497 e. The Balaban J connectivity index is 2.05. The molecule has 0 heterocycles. The average Bonchev–Trinajstić information content (AvgIpc) is 2.66. The molecule has 7 N–H and O–H groups in total. The number of nitrogens with one attached hydrogen (secondary N) is 3. The van der Waals surface area contributed by atoms with Gasteiger partial charge in [0.2, 0.25) is 7.28 Å². The molecule has 0 fully saturated rings. The van der Waals surface area contributed by atoms with Crippen LogP contribution in [0.4, 0.5) is 5.69 Å². The predicted molar refractivity (Wildman–Crippen MR) is 109 cm³/mol. The number of nitrogens with two attached hydrogens (primary N) is 1. The topological polar surface area (TPSA) is 112 Å². The Morgan fingerprint density at radius 1 is 1.15 bits per heavy atom. The van der Waals surface area contributed by atoms with Gasteiger partial charge in [-0.25, -0.2) is 0 Å². The van der Waals surface area contributed by atoms with Crippen LogP contribution in [0.15, 0.2) is 42.5 Å². The van der Waals surface area contributed by atoms with Gasteiger partial charge in [0.25, 0.3) is 0 Å². The van der Waals surface area contributed by atoms with Crippen LogP contribution < -0.4 is 31.9 Å². The molecule has 0 aliphatic heterocycles. The molecular weight excluding hydrogens is 343 g/mol. The molecule has 8 heteroatoms. The number of benzene rings is 2. The summed E-state index contributed by atoms with van der Waals surface area (Å²) >= 11 is 0. The first-order chi connectivity index (χ1) is 12.9. The van der Waals surface area contributed by atoms with Crippen molar-refractivity contribution >= 4 is 18.4 Å². The lowest BCUT2D eigenvalue weighted by Crippen LogP contribution is -2.42. The molecule has 2 unspecified atom stereocenters. The minimum atomic E-state index is -1.45. The Morgan fingerprint density at radius 3 is 2.44 bits per heavy atom. The van der Waals surface area contributed by atoms with Crippen molar-refractivity contribution in [3.63, 3.8) is 0 Å². The maximum Gasteiger partial charge on any atom is 0.225 e. The van der Waals surface area contributed by atoms with Gasteiger partial charge in [0.1, 0.15) is 18.2 Å². The summed E-state index contributed by atoms with van der Waals surface area (Å²) in [5.41, 5.74) is 9.80. The number of ether oxygens (including phenoxy) is 1. The van der Waals surface area contributed by atoms with Crippen LogP contribution in [-0.2, 0) is 6.54 Å². The summed E-state index contributed by atoms with van der Waals surface area (Å²) in [5, 5.41) is 27.6. The van der Waals surface area contributed by atoms with Crippen molar-refractivity contribution in [2.45, 2.75) is 32.0 Å². The van der Waals surface area contributed by atoms with Gasteiger partial charge in [0.15, 0.2) is 0 Å². The van der Waals surface area contributed by atoms with E-state index in [2.05, 4.69) is 22.9 Å². The van der Waals surface area contributed by atoms with Crippen LogP contribution in [0.25, 0.3) is 0 Å². The lowest BCUT2D eigenvalue weighted by molar-refractivity contribution is 0.0304. The van der Waals surface area contributed by atoms with Gasteiger partial charge in [-0.3, -0.25) is 11.1 Å². The molecule has 2 aromatic carbocycles. The Kier molecular flexibility index (Phi) is 8.09. The average molecular weight is 371 g/mol. The Labute approximate surface area is 161 Å². The molecule has 0 aliphatic carbocycles. The summed E-state index contributed by atoms with van der Waals surface area (Å²) in [6, 6.07) is 13.6. The van der Waals surface area contributed by atoms with Crippen LogP contribution in [0.5, 0.6) is 5.75 Å². The minimum absolute atomic E-state index is 0.0768. The molecule has 27 heavy (non-hydrogen) atoms. The maximum absolute atomic E-state index is 8.98. The predicted octanol–water partition coefficient (Wildman–Crippen LogP) is 0.0173. The second-order valence-electron chi connectivity index (χ2n) is 6.29. The van der Waals surface area contributed by atoms with Crippen LogP contribution in [-0.4, -0.2) is 44.1 Å². The molecule has 1 radical (unpaired) electrons. The smallest absolute Gasteiger partial charge is 0.225 e. The number of hydrogen-bond acceptors (Lipinski definition) is 7. The summed E-state index contributed by atoms with van der Waals surface area (Å²) < 4.78 is 5.31. The molecular formula is C19H28BN4O3. The zero-order valence-electron chi connectivity index (χ0n) is 15.9. The molecule has 2 rings (SSSR count). The highest BCUT2D eigenvalue weighted by Gasteiger charge is 2.13. The number of hydrogen-bond donors (Lipinski definition) is 6. The first-order valence-corrected chi connectivity index (χ1v) is 8.83. The van der Waals surface area contributed by atoms with Gasteiger partial charge in [-0.15, -0.1) is 0 Å². The lowest BCUT2D eigenvalue weighted by Gasteiger charge is -2.22. The van der Waals surface area contributed by atoms with E-state index in [4.69, 9.17) is 20.7 Å². The van der Waals surface area contributed by atoms with Crippen LogP contribution in [0.3, 0.4) is 0 Å². The number of anilines is 1. The van der Waals surface area contributed by atoms with E-state index in [1.165, 1.54) is 7.28 Å². The Morgan fingerprint density at radius 2 is 1.85 bits per heavy atom. The van der Waals surface area contributed by atoms with Crippen molar-refractivity contribution in [2.24, 2.45) is 5.73 Å². The quantitative estimate of drug-likeness (QED) is 0.258. The molecule has 0 aliphatic rings. The molecule has 0 saturated heterocycles. The fourth-order valence-electron chi connectivity index (χ4n) is 2.70. The van der Waals surface area contributed by atoms with Crippen molar-refractivity contribution in [2.75, 3.05) is 19.5 Å². The third-order valence-corrected chi connectivity index (χ3v) is 4.28. The summed E-state index contributed by atoms with van der Waals surface area (Å²) in [5.74, 6) is 0.759. The molecule has 0 bridgehead atoms. The van der Waals surface area contributed by atoms with Crippen molar-refractivity contribution in [1.82, 2.24) is 10.6 Å². The van der Waals surface area contributed by atoms with Crippen molar-refractivity contribution in [3.05, 3.63) is 53.6 Å². The second-order valence-corrected chi connectivity index (χ2v) is 6.29. The Bertz CT molecular complexity index is 713. The highest BCUT2D eigenvalue weighted by Crippen LogP contribution is 2.28. The van der Waals surface area contributed by atoms with Crippen molar-refractivity contribution in [1.29, 1.82) is 0 Å². The summed E-state index contributed by atoms with van der Waals surface area (Å²) in [4.78, 5) is 0. The third kappa shape index (κ3) is 6.53. The van der Waals surface area contributed by atoms with Gasteiger partial charge in [-0.2, -0.15) is 0 Å². The van der Waals surface area contributed by atoms with Crippen LogP contribution >= 0.6 is 0 Å². The van der Waals surface area contributed by atoms with Crippen molar-refractivity contribution < 1.29 is 14.9 Å². The first kappa shape index (κ1) is 21.2. The van der Waals surface area contributed by atoms with Gasteiger partial charge in [-0.1, -0.05) is 35.8 Å². The van der Waals surface area contributed by atoms with Crippen molar-refractivity contribution in [3.8, 4) is 5.75 Å². The van der Waals surface area contributed by atoms with Gasteiger partial charge in [0.05, 0.1) is 7.11 Å². The van der Waals surface area contributed by atoms with Gasteiger partial charge in [0, 0.05) is 24.3 Å². The molecule has 0 aromatic heterocycles. The number of methoxy groups -OCH3 is 1. The van der Waals surface area contributed by atoms with Gasteiger partial charge < -0.3 is 25.6 Å². The zero-order valence-corrected chi connectivity index (χ0v) is 15.9. The van der Waals surface area contributed by atoms with E-state index in [0.717, 1.165) is 28.0 Å². The third-order valence-electron chi connectivity index (χ3n) is 4.28. The van der Waals surface area contributed by atoms with Crippen LogP contribution in [0.1, 0.15) is 24.1 Å². The molecule has 145 valence electrons. The molecule has 0 saturated carbocycles. The fraction of sp³-hybridized carbons (Fsp3) is 0.368. The number of rotatable bonds is 10.